The minimum Gasteiger partial charge on any atom is -0.380 e. The Morgan fingerprint density at radius 2 is 1.71 bits per heavy atom. The summed E-state index contributed by atoms with van der Waals surface area (Å²) < 4.78 is 5.50. The largest absolute Gasteiger partial charge is 0.380 e. The van der Waals surface area contributed by atoms with E-state index < -0.39 is 0 Å². The molecule has 0 aromatic rings. The van der Waals surface area contributed by atoms with E-state index in [0.717, 1.165) is 32.4 Å². The molecule has 0 aliphatic heterocycles. The van der Waals surface area contributed by atoms with Gasteiger partial charge in [-0.2, -0.15) is 0 Å². The van der Waals surface area contributed by atoms with E-state index in [9.17, 15) is 9.59 Å². The van der Waals surface area contributed by atoms with Crippen LogP contribution < -0.4 is 5.32 Å². The summed E-state index contributed by atoms with van der Waals surface area (Å²) in [7, 11) is 3.70. The first-order valence-electron chi connectivity index (χ1n) is 9.14. The van der Waals surface area contributed by atoms with Crippen LogP contribution in [0.1, 0.15) is 47.0 Å². The second-order valence-electron chi connectivity index (χ2n) is 6.67. The molecule has 0 aromatic heterocycles. The molecule has 0 spiro atoms. The number of likely N-dealkylation sites (N-methyl/N-ethyl adjacent to an activating group) is 2. The van der Waals surface area contributed by atoms with E-state index in [2.05, 4.69) is 19.2 Å². The van der Waals surface area contributed by atoms with Gasteiger partial charge in [-0.05, 0) is 25.8 Å². The Hall–Kier alpha value is -1.14. The van der Waals surface area contributed by atoms with Crippen molar-refractivity contribution in [3.8, 4) is 0 Å². The van der Waals surface area contributed by atoms with Crippen LogP contribution in [0.2, 0.25) is 0 Å². The topological polar surface area (TPSA) is 61.9 Å². The number of hydrogen-bond donors (Lipinski definition) is 1. The standard InChI is InChI=1S/C18H37N3O3/c1-7-9-10-20(5)16(22)14-19-18(23)17(15(3)4)21(6)11-13-24-12-8-2/h15,17H,7-14H2,1-6H3,(H,19,23). The normalized spacial score (nSPS) is 12.5. The van der Waals surface area contributed by atoms with Crippen LogP contribution in [0.15, 0.2) is 0 Å². The molecule has 0 rings (SSSR count). The number of nitrogens with one attached hydrogen (secondary N) is 1. The van der Waals surface area contributed by atoms with E-state index in [1.807, 2.05) is 25.8 Å². The average molecular weight is 344 g/mol. The van der Waals surface area contributed by atoms with Gasteiger partial charge in [0.05, 0.1) is 19.2 Å². The summed E-state index contributed by atoms with van der Waals surface area (Å²) in [5, 5.41) is 2.79. The fraction of sp³-hybridized carbons (Fsp3) is 0.889. The van der Waals surface area contributed by atoms with Crippen molar-refractivity contribution in [2.75, 3.05) is 46.9 Å². The molecule has 0 aliphatic carbocycles. The third kappa shape index (κ3) is 9.23. The smallest absolute Gasteiger partial charge is 0.241 e. The number of rotatable bonds is 13. The molecule has 1 atom stereocenters. The van der Waals surface area contributed by atoms with Gasteiger partial charge in [0.2, 0.25) is 11.8 Å². The zero-order valence-electron chi connectivity index (χ0n) is 16.4. The number of hydrogen-bond acceptors (Lipinski definition) is 4. The summed E-state index contributed by atoms with van der Waals surface area (Å²) in [6.45, 7) is 11.0. The molecule has 0 radical (unpaired) electrons. The van der Waals surface area contributed by atoms with Crippen LogP contribution in [0.4, 0.5) is 0 Å². The molecule has 142 valence electrons. The second kappa shape index (κ2) is 13.2. The van der Waals surface area contributed by atoms with Crippen molar-refractivity contribution < 1.29 is 14.3 Å². The number of amides is 2. The number of nitrogens with zero attached hydrogens (tertiary/aromatic N) is 2. The van der Waals surface area contributed by atoms with Gasteiger partial charge in [-0.25, -0.2) is 0 Å². The Morgan fingerprint density at radius 1 is 1.04 bits per heavy atom. The number of carbonyl (C=O) groups excluding carboxylic acids is 2. The van der Waals surface area contributed by atoms with Crippen LogP contribution in [0, 0.1) is 5.92 Å². The Bertz CT molecular complexity index is 361. The van der Waals surface area contributed by atoms with Gasteiger partial charge in [0.25, 0.3) is 0 Å². The van der Waals surface area contributed by atoms with Crippen molar-refractivity contribution in [2.45, 2.75) is 53.0 Å². The highest BCUT2D eigenvalue weighted by atomic mass is 16.5. The Balaban J connectivity index is 4.40. The molecule has 0 saturated heterocycles. The van der Waals surface area contributed by atoms with E-state index in [0.29, 0.717) is 13.2 Å². The van der Waals surface area contributed by atoms with Gasteiger partial charge in [-0.1, -0.05) is 34.1 Å². The fourth-order valence-electron chi connectivity index (χ4n) is 2.53. The fourth-order valence-corrected chi connectivity index (χ4v) is 2.53. The van der Waals surface area contributed by atoms with E-state index in [1.165, 1.54) is 0 Å². The molecule has 0 heterocycles. The van der Waals surface area contributed by atoms with Gasteiger partial charge in [-0.15, -0.1) is 0 Å². The summed E-state index contributed by atoms with van der Waals surface area (Å²) >= 11 is 0. The van der Waals surface area contributed by atoms with Gasteiger partial charge in [0.1, 0.15) is 0 Å². The van der Waals surface area contributed by atoms with Gasteiger partial charge in [0, 0.05) is 26.7 Å². The van der Waals surface area contributed by atoms with E-state index >= 15 is 0 Å². The highest BCUT2D eigenvalue weighted by Crippen LogP contribution is 2.09. The number of unbranched alkanes of at least 4 members (excludes halogenated alkanes) is 1. The summed E-state index contributed by atoms with van der Waals surface area (Å²) in [5.74, 6) is 0.0163. The Morgan fingerprint density at radius 3 is 2.25 bits per heavy atom. The van der Waals surface area contributed by atoms with Gasteiger partial charge < -0.3 is 15.0 Å². The lowest BCUT2D eigenvalue weighted by Crippen LogP contribution is -2.51. The van der Waals surface area contributed by atoms with Crippen LogP contribution in [-0.2, 0) is 14.3 Å². The van der Waals surface area contributed by atoms with Crippen molar-refractivity contribution in [1.82, 2.24) is 15.1 Å². The average Bonchev–Trinajstić information content (AvgIpc) is 2.54. The van der Waals surface area contributed by atoms with E-state index in [-0.39, 0.29) is 30.3 Å². The minimum absolute atomic E-state index is 0.0479. The molecule has 0 bridgehead atoms. The molecule has 6 heteroatoms. The van der Waals surface area contributed by atoms with Gasteiger partial charge >= 0.3 is 0 Å². The molecule has 24 heavy (non-hydrogen) atoms. The Labute approximate surface area is 147 Å². The molecule has 6 nitrogen and oxygen atoms in total. The summed E-state index contributed by atoms with van der Waals surface area (Å²) in [5.41, 5.74) is 0. The lowest BCUT2D eigenvalue weighted by Gasteiger charge is -2.30. The lowest BCUT2D eigenvalue weighted by atomic mass is 10.0. The second-order valence-corrected chi connectivity index (χ2v) is 6.67. The maximum atomic E-state index is 12.5. The van der Waals surface area contributed by atoms with Crippen molar-refractivity contribution in [3.05, 3.63) is 0 Å². The summed E-state index contributed by atoms with van der Waals surface area (Å²) in [6.07, 6.45) is 3.01. The van der Waals surface area contributed by atoms with Crippen molar-refractivity contribution in [3.63, 3.8) is 0 Å². The van der Waals surface area contributed by atoms with Gasteiger partial charge in [-0.3, -0.25) is 14.5 Å². The molecule has 0 fully saturated rings. The molecular weight excluding hydrogens is 306 g/mol. The number of ether oxygens (including phenoxy) is 1. The molecule has 0 aliphatic rings. The molecule has 1 N–H and O–H groups in total. The summed E-state index contributed by atoms with van der Waals surface area (Å²) in [4.78, 5) is 28.2. The third-order valence-corrected chi connectivity index (χ3v) is 4.00. The van der Waals surface area contributed by atoms with Gasteiger partial charge in [0.15, 0.2) is 0 Å². The first-order chi connectivity index (χ1) is 11.3. The van der Waals surface area contributed by atoms with Crippen molar-refractivity contribution in [2.24, 2.45) is 5.92 Å². The maximum absolute atomic E-state index is 12.5. The number of carbonyl (C=O) groups is 2. The van der Waals surface area contributed by atoms with Crippen molar-refractivity contribution in [1.29, 1.82) is 0 Å². The minimum atomic E-state index is -0.260. The van der Waals surface area contributed by atoms with E-state index in [1.54, 1.807) is 11.9 Å². The quantitative estimate of drug-likeness (QED) is 0.518. The van der Waals surface area contributed by atoms with Crippen molar-refractivity contribution >= 4 is 11.8 Å². The monoisotopic (exact) mass is 343 g/mol. The predicted molar refractivity (Wildman–Crippen MR) is 97.9 cm³/mol. The molecule has 0 saturated carbocycles. The highest BCUT2D eigenvalue weighted by molar-refractivity contribution is 5.87. The molecule has 0 aromatic carbocycles. The lowest BCUT2D eigenvalue weighted by molar-refractivity contribution is -0.134. The highest BCUT2D eigenvalue weighted by Gasteiger charge is 2.26. The molecular formula is C18H37N3O3. The van der Waals surface area contributed by atoms with Crippen LogP contribution in [0.5, 0.6) is 0 Å². The van der Waals surface area contributed by atoms with Crippen LogP contribution >= 0.6 is 0 Å². The van der Waals surface area contributed by atoms with Crippen LogP contribution in [0.3, 0.4) is 0 Å². The predicted octanol–water partition coefficient (Wildman–Crippen LogP) is 1.74. The third-order valence-electron chi connectivity index (χ3n) is 4.00. The first kappa shape index (κ1) is 22.9. The SMILES string of the molecule is CCCCN(C)C(=O)CNC(=O)C(C(C)C)N(C)CCOCCC. The Kier molecular flexibility index (Phi) is 12.6. The first-order valence-corrected chi connectivity index (χ1v) is 9.14. The maximum Gasteiger partial charge on any atom is 0.241 e. The zero-order chi connectivity index (χ0) is 18.5. The molecule has 1 unspecified atom stereocenters. The molecule has 2 amide bonds. The summed E-state index contributed by atoms with van der Waals surface area (Å²) in [6, 6.07) is -0.260. The zero-order valence-corrected chi connectivity index (χ0v) is 16.4. The van der Waals surface area contributed by atoms with Crippen LogP contribution in [-0.4, -0.2) is 74.6 Å². The van der Waals surface area contributed by atoms with E-state index in [4.69, 9.17) is 4.74 Å². The van der Waals surface area contributed by atoms with Crippen LogP contribution in [0.25, 0.3) is 0 Å².